The molecule has 0 aromatic heterocycles. The Morgan fingerprint density at radius 3 is 2.52 bits per heavy atom. The maximum absolute atomic E-state index is 13.1. The van der Waals surface area contributed by atoms with E-state index in [1.807, 2.05) is 6.92 Å². The molecular weight excluding hydrogens is 341 g/mol. The monoisotopic (exact) mass is 351 g/mol. The second-order valence-electron chi connectivity index (χ2n) is 4.41. The number of aryl methyl sites for hydroxylation is 1. The molecule has 0 aliphatic heterocycles. The molecular formula is C15H11BrFNO3. The average Bonchev–Trinajstić information content (AvgIpc) is 2.43. The van der Waals surface area contributed by atoms with Crippen molar-refractivity contribution in [3.8, 4) is 0 Å². The highest BCUT2D eigenvalue weighted by Gasteiger charge is 2.15. The summed E-state index contributed by atoms with van der Waals surface area (Å²) in [6, 6.07) is 8.19. The van der Waals surface area contributed by atoms with Gasteiger partial charge in [-0.05, 0) is 48.9 Å². The molecule has 2 N–H and O–H groups in total. The molecule has 0 bridgehead atoms. The first kappa shape index (κ1) is 15.2. The van der Waals surface area contributed by atoms with Crippen molar-refractivity contribution in [3.05, 3.63) is 63.4 Å². The van der Waals surface area contributed by atoms with Crippen molar-refractivity contribution in [1.82, 2.24) is 0 Å². The third-order valence-corrected chi connectivity index (χ3v) is 3.77. The first-order chi connectivity index (χ1) is 9.88. The molecule has 1 amide bonds. The maximum Gasteiger partial charge on any atom is 0.337 e. The van der Waals surface area contributed by atoms with Crippen molar-refractivity contribution in [3.63, 3.8) is 0 Å². The average molecular weight is 352 g/mol. The number of halogens is 2. The summed E-state index contributed by atoms with van der Waals surface area (Å²) < 4.78 is 14.0. The lowest BCUT2D eigenvalue weighted by atomic mass is 10.1. The Morgan fingerprint density at radius 1 is 1.19 bits per heavy atom. The number of carboxylic acid groups (broad SMARTS) is 1. The van der Waals surface area contributed by atoms with Gasteiger partial charge in [0.25, 0.3) is 5.91 Å². The third-order valence-electron chi connectivity index (χ3n) is 2.88. The van der Waals surface area contributed by atoms with Crippen LogP contribution in [0.15, 0.2) is 40.9 Å². The molecule has 0 fully saturated rings. The normalized spacial score (nSPS) is 10.2. The van der Waals surface area contributed by atoms with E-state index in [-0.39, 0.29) is 11.3 Å². The molecule has 0 unspecified atom stereocenters. The summed E-state index contributed by atoms with van der Waals surface area (Å²) in [5.74, 6) is -2.44. The van der Waals surface area contributed by atoms with Gasteiger partial charge in [-0.2, -0.15) is 0 Å². The van der Waals surface area contributed by atoms with Crippen molar-refractivity contribution in [1.29, 1.82) is 0 Å². The van der Waals surface area contributed by atoms with Gasteiger partial charge in [-0.1, -0.05) is 15.9 Å². The van der Waals surface area contributed by atoms with Crippen LogP contribution in [0.4, 0.5) is 10.1 Å². The molecule has 0 spiro atoms. The van der Waals surface area contributed by atoms with E-state index in [2.05, 4.69) is 21.2 Å². The molecule has 2 rings (SSSR count). The first-order valence-electron chi connectivity index (χ1n) is 5.99. The Bertz CT molecular complexity index is 731. The number of hydrogen-bond donors (Lipinski definition) is 2. The molecule has 0 radical (unpaired) electrons. The Labute approximate surface area is 128 Å². The van der Waals surface area contributed by atoms with Crippen LogP contribution < -0.4 is 5.32 Å². The van der Waals surface area contributed by atoms with E-state index in [4.69, 9.17) is 5.11 Å². The van der Waals surface area contributed by atoms with Crippen molar-refractivity contribution < 1.29 is 19.1 Å². The molecule has 6 heteroatoms. The van der Waals surface area contributed by atoms with Crippen LogP contribution in [-0.2, 0) is 0 Å². The van der Waals surface area contributed by atoms with E-state index in [1.165, 1.54) is 6.07 Å². The topological polar surface area (TPSA) is 66.4 Å². The van der Waals surface area contributed by atoms with Gasteiger partial charge in [-0.25, -0.2) is 9.18 Å². The molecule has 2 aromatic rings. The van der Waals surface area contributed by atoms with Gasteiger partial charge in [0.05, 0.1) is 11.3 Å². The predicted octanol–water partition coefficient (Wildman–Crippen LogP) is 3.85. The number of aromatic carboxylic acids is 1. The number of amides is 1. The molecule has 0 aliphatic carbocycles. The molecule has 2 aromatic carbocycles. The Kier molecular flexibility index (Phi) is 4.37. The second kappa shape index (κ2) is 6.05. The summed E-state index contributed by atoms with van der Waals surface area (Å²) in [6.45, 7) is 1.83. The lowest BCUT2D eigenvalue weighted by Gasteiger charge is -2.09. The summed E-state index contributed by atoms with van der Waals surface area (Å²) in [6.07, 6.45) is 0. The highest BCUT2D eigenvalue weighted by Crippen LogP contribution is 2.20. The SMILES string of the molecule is Cc1cc(C(=O)Nc2ccc(F)cc2C(=O)O)ccc1Br. The van der Waals surface area contributed by atoms with Crippen LogP contribution in [0.2, 0.25) is 0 Å². The van der Waals surface area contributed by atoms with E-state index >= 15 is 0 Å². The lowest BCUT2D eigenvalue weighted by molar-refractivity contribution is 0.0697. The number of hydrogen-bond acceptors (Lipinski definition) is 2. The third kappa shape index (κ3) is 3.46. The number of carbonyl (C=O) groups is 2. The lowest BCUT2D eigenvalue weighted by Crippen LogP contribution is -2.15. The van der Waals surface area contributed by atoms with E-state index < -0.39 is 17.7 Å². The van der Waals surface area contributed by atoms with Crippen LogP contribution in [0.25, 0.3) is 0 Å². The van der Waals surface area contributed by atoms with Gasteiger partial charge < -0.3 is 10.4 Å². The van der Waals surface area contributed by atoms with Crippen LogP contribution in [0.3, 0.4) is 0 Å². The van der Waals surface area contributed by atoms with Gasteiger partial charge in [-0.3, -0.25) is 4.79 Å². The highest BCUT2D eigenvalue weighted by molar-refractivity contribution is 9.10. The standard InChI is InChI=1S/C15H11BrFNO3/c1-8-6-9(2-4-12(8)16)14(19)18-13-5-3-10(17)7-11(13)15(20)21/h2-7H,1H3,(H,18,19)(H,20,21). The van der Waals surface area contributed by atoms with Crippen LogP contribution in [0, 0.1) is 12.7 Å². The quantitative estimate of drug-likeness (QED) is 0.882. The number of rotatable bonds is 3. The minimum absolute atomic E-state index is 0.0504. The van der Waals surface area contributed by atoms with Gasteiger partial charge >= 0.3 is 5.97 Å². The Balaban J connectivity index is 2.31. The van der Waals surface area contributed by atoms with Crippen LogP contribution in [0.1, 0.15) is 26.3 Å². The van der Waals surface area contributed by atoms with Gasteiger partial charge in [0, 0.05) is 10.0 Å². The number of carbonyl (C=O) groups excluding carboxylic acids is 1. The van der Waals surface area contributed by atoms with Gasteiger partial charge in [0.2, 0.25) is 0 Å². The molecule has 0 aliphatic rings. The molecule has 0 saturated heterocycles. The maximum atomic E-state index is 13.1. The number of carboxylic acids is 1. The van der Waals surface area contributed by atoms with Crippen molar-refractivity contribution in [2.75, 3.05) is 5.32 Å². The van der Waals surface area contributed by atoms with Crippen molar-refractivity contribution >= 4 is 33.5 Å². The fourth-order valence-electron chi connectivity index (χ4n) is 1.78. The molecule has 0 saturated carbocycles. The summed E-state index contributed by atoms with van der Waals surface area (Å²) in [7, 11) is 0. The smallest absolute Gasteiger partial charge is 0.337 e. The molecule has 0 atom stereocenters. The van der Waals surface area contributed by atoms with E-state index in [0.717, 1.165) is 22.2 Å². The summed E-state index contributed by atoms with van der Waals surface area (Å²) in [5, 5.41) is 11.5. The van der Waals surface area contributed by atoms with E-state index in [9.17, 15) is 14.0 Å². The zero-order valence-corrected chi connectivity index (χ0v) is 12.6. The molecule has 4 nitrogen and oxygen atoms in total. The number of benzene rings is 2. The molecule has 0 heterocycles. The minimum Gasteiger partial charge on any atom is -0.478 e. The van der Waals surface area contributed by atoms with Crippen molar-refractivity contribution in [2.24, 2.45) is 0 Å². The molecule has 108 valence electrons. The van der Waals surface area contributed by atoms with Gasteiger partial charge in [-0.15, -0.1) is 0 Å². The van der Waals surface area contributed by atoms with E-state index in [0.29, 0.717) is 5.56 Å². The summed E-state index contributed by atoms with van der Waals surface area (Å²) in [4.78, 5) is 23.2. The zero-order chi connectivity index (χ0) is 15.6. The fourth-order valence-corrected chi connectivity index (χ4v) is 2.03. The largest absolute Gasteiger partial charge is 0.478 e. The summed E-state index contributed by atoms with van der Waals surface area (Å²) in [5.41, 5.74) is 1.02. The number of anilines is 1. The predicted molar refractivity (Wildman–Crippen MR) is 80.2 cm³/mol. The van der Waals surface area contributed by atoms with Crippen LogP contribution in [-0.4, -0.2) is 17.0 Å². The van der Waals surface area contributed by atoms with Crippen molar-refractivity contribution in [2.45, 2.75) is 6.92 Å². The fraction of sp³-hybridized carbons (Fsp3) is 0.0667. The highest BCUT2D eigenvalue weighted by atomic mass is 79.9. The second-order valence-corrected chi connectivity index (χ2v) is 5.27. The van der Waals surface area contributed by atoms with Gasteiger partial charge in [0.1, 0.15) is 5.82 Å². The van der Waals surface area contributed by atoms with Gasteiger partial charge in [0.15, 0.2) is 0 Å². The number of nitrogens with one attached hydrogen (secondary N) is 1. The van der Waals surface area contributed by atoms with E-state index in [1.54, 1.807) is 18.2 Å². The first-order valence-corrected chi connectivity index (χ1v) is 6.78. The molecule has 21 heavy (non-hydrogen) atoms. The zero-order valence-electron chi connectivity index (χ0n) is 11.0. The Morgan fingerprint density at radius 2 is 1.90 bits per heavy atom. The Hall–Kier alpha value is -2.21. The summed E-state index contributed by atoms with van der Waals surface area (Å²) >= 11 is 3.33. The minimum atomic E-state index is -1.31. The van der Waals surface area contributed by atoms with Crippen LogP contribution >= 0.6 is 15.9 Å². The van der Waals surface area contributed by atoms with Crippen LogP contribution in [0.5, 0.6) is 0 Å².